The van der Waals surface area contributed by atoms with Crippen molar-refractivity contribution in [2.75, 3.05) is 13.2 Å². The summed E-state index contributed by atoms with van der Waals surface area (Å²) in [7, 11) is 0. The molecule has 0 radical (unpaired) electrons. The van der Waals surface area contributed by atoms with E-state index in [0.717, 1.165) is 12.0 Å². The Bertz CT molecular complexity index is 504. The van der Waals surface area contributed by atoms with Crippen LogP contribution in [0.2, 0.25) is 5.02 Å². The summed E-state index contributed by atoms with van der Waals surface area (Å²) in [5, 5.41) is 0.588. The van der Waals surface area contributed by atoms with Crippen molar-refractivity contribution in [2.45, 2.75) is 25.6 Å². The molecule has 6 nitrogen and oxygen atoms in total. The predicted octanol–water partition coefficient (Wildman–Crippen LogP) is 1.18. The molecule has 2 amide bonds. The number of benzene rings is 1. The van der Waals surface area contributed by atoms with Gasteiger partial charge in [-0.3, -0.25) is 20.4 Å². The van der Waals surface area contributed by atoms with Crippen molar-refractivity contribution in [3.8, 4) is 0 Å². The standard InChI is InChI=1S/C14H17ClN2O4/c15-11-5-2-1-4-10(11)8-20-9-13(18)16-17-14(19)12-6-3-7-21-12/h1-2,4-5,12H,3,6-9H2,(H,16,18)(H,17,19)/t12-/m0/s1. The molecule has 1 heterocycles. The molecule has 1 aromatic carbocycles. The van der Waals surface area contributed by atoms with Gasteiger partial charge in [0, 0.05) is 11.6 Å². The monoisotopic (exact) mass is 312 g/mol. The summed E-state index contributed by atoms with van der Waals surface area (Å²) in [4.78, 5) is 23.1. The van der Waals surface area contributed by atoms with Crippen molar-refractivity contribution in [1.82, 2.24) is 10.9 Å². The van der Waals surface area contributed by atoms with E-state index < -0.39 is 12.0 Å². The van der Waals surface area contributed by atoms with E-state index in [-0.39, 0.29) is 19.1 Å². The highest BCUT2D eigenvalue weighted by Crippen LogP contribution is 2.15. The molecule has 7 heteroatoms. The minimum Gasteiger partial charge on any atom is -0.368 e. The lowest BCUT2D eigenvalue weighted by Gasteiger charge is -2.11. The minimum atomic E-state index is -0.477. The first-order valence-electron chi connectivity index (χ1n) is 6.68. The Labute approximate surface area is 127 Å². The zero-order valence-corrected chi connectivity index (χ0v) is 12.2. The summed E-state index contributed by atoms with van der Waals surface area (Å²) < 4.78 is 10.4. The minimum absolute atomic E-state index is 0.170. The summed E-state index contributed by atoms with van der Waals surface area (Å²) in [6.45, 7) is 0.636. The summed E-state index contributed by atoms with van der Waals surface area (Å²) in [6, 6.07) is 7.23. The Hall–Kier alpha value is -1.63. The summed E-state index contributed by atoms with van der Waals surface area (Å²) in [5.41, 5.74) is 5.40. The van der Waals surface area contributed by atoms with Gasteiger partial charge in [-0.05, 0) is 24.5 Å². The molecule has 0 aliphatic carbocycles. The van der Waals surface area contributed by atoms with Gasteiger partial charge in [-0.2, -0.15) is 0 Å². The van der Waals surface area contributed by atoms with Crippen LogP contribution in [-0.2, 0) is 25.7 Å². The Morgan fingerprint density at radius 2 is 2.14 bits per heavy atom. The van der Waals surface area contributed by atoms with E-state index in [2.05, 4.69) is 10.9 Å². The molecule has 1 saturated heterocycles. The number of amides is 2. The number of nitrogens with one attached hydrogen (secondary N) is 2. The highest BCUT2D eigenvalue weighted by molar-refractivity contribution is 6.31. The van der Waals surface area contributed by atoms with Crippen molar-refractivity contribution >= 4 is 23.4 Å². The van der Waals surface area contributed by atoms with Crippen LogP contribution in [0.4, 0.5) is 0 Å². The second-order valence-corrected chi connectivity index (χ2v) is 5.03. The fraction of sp³-hybridized carbons (Fsp3) is 0.429. The Balaban J connectivity index is 1.63. The molecule has 2 N–H and O–H groups in total. The largest absolute Gasteiger partial charge is 0.368 e. The van der Waals surface area contributed by atoms with Gasteiger partial charge in [-0.25, -0.2) is 0 Å². The number of hydrogen-bond donors (Lipinski definition) is 2. The van der Waals surface area contributed by atoms with Crippen LogP contribution < -0.4 is 10.9 Å². The van der Waals surface area contributed by atoms with Gasteiger partial charge in [0.2, 0.25) is 0 Å². The molecular formula is C14H17ClN2O4. The molecule has 0 saturated carbocycles. The van der Waals surface area contributed by atoms with Crippen LogP contribution in [0.15, 0.2) is 24.3 Å². The number of carbonyl (C=O) groups is 2. The second-order valence-electron chi connectivity index (χ2n) is 4.62. The van der Waals surface area contributed by atoms with Gasteiger partial charge < -0.3 is 9.47 Å². The lowest BCUT2D eigenvalue weighted by atomic mass is 10.2. The molecule has 1 atom stereocenters. The van der Waals surface area contributed by atoms with E-state index in [1.54, 1.807) is 6.07 Å². The van der Waals surface area contributed by atoms with Crippen molar-refractivity contribution in [2.24, 2.45) is 0 Å². The second kappa shape index (κ2) is 7.97. The average Bonchev–Trinajstić information content (AvgIpc) is 3.01. The third-order valence-corrected chi connectivity index (χ3v) is 3.36. The number of ether oxygens (including phenoxy) is 2. The predicted molar refractivity (Wildman–Crippen MR) is 76.4 cm³/mol. The molecule has 0 bridgehead atoms. The van der Waals surface area contributed by atoms with Crippen LogP contribution in [-0.4, -0.2) is 31.1 Å². The van der Waals surface area contributed by atoms with E-state index in [0.29, 0.717) is 18.1 Å². The van der Waals surface area contributed by atoms with E-state index in [9.17, 15) is 9.59 Å². The number of hydrogen-bond acceptors (Lipinski definition) is 4. The first-order valence-corrected chi connectivity index (χ1v) is 7.06. The summed E-state index contributed by atoms with van der Waals surface area (Å²) in [6.07, 6.45) is 1.05. The number of halogens is 1. The topological polar surface area (TPSA) is 76.7 Å². The molecule has 1 aliphatic heterocycles. The lowest BCUT2D eigenvalue weighted by molar-refractivity contribution is -0.136. The molecule has 2 rings (SSSR count). The summed E-state index contributed by atoms with van der Waals surface area (Å²) in [5.74, 6) is -0.777. The lowest BCUT2D eigenvalue weighted by Crippen LogP contribution is -2.47. The van der Waals surface area contributed by atoms with Crippen LogP contribution in [0, 0.1) is 0 Å². The van der Waals surface area contributed by atoms with Crippen molar-refractivity contribution in [3.63, 3.8) is 0 Å². The highest BCUT2D eigenvalue weighted by atomic mass is 35.5. The van der Waals surface area contributed by atoms with Crippen LogP contribution in [0.25, 0.3) is 0 Å². The van der Waals surface area contributed by atoms with E-state index >= 15 is 0 Å². The third kappa shape index (κ3) is 5.00. The highest BCUT2D eigenvalue weighted by Gasteiger charge is 2.23. The van der Waals surface area contributed by atoms with Gasteiger partial charge >= 0.3 is 0 Å². The molecule has 21 heavy (non-hydrogen) atoms. The maximum Gasteiger partial charge on any atom is 0.267 e. The van der Waals surface area contributed by atoms with Crippen molar-refractivity contribution in [3.05, 3.63) is 34.9 Å². The molecule has 1 aliphatic rings. The van der Waals surface area contributed by atoms with E-state index in [1.165, 1.54) is 0 Å². The number of hydrazine groups is 1. The summed E-state index contributed by atoms with van der Waals surface area (Å²) >= 11 is 5.96. The van der Waals surface area contributed by atoms with Crippen LogP contribution >= 0.6 is 11.6 Å². The van der Waals surface area contributed by atoms with Gasteiger partial charge in [-0.1, -0.05) is 29.8 Å². The van der Waals surface area contributed by atoms with Gasteiger partial charge in [0.25, 0.3) is 11.8 Å². The normalized spacial score (nSPS) is 17.5. The third-order valence-electron chi connectivity index (χ3n) is 3.00. The smallest absolute Gasteiger partial charge is 0.267 e. The van der Waals surface area contributed by atoms with Crippen molar-refractivity contribution < 1.29 is 19.1 Å². The van der Waals surface area contributed by atoms with Crippen LogP contribution in [0.1, 0.15) is 18.4 Å². The van der Waals surface area contributed by atoms with E-state index in [1.807, 2.05) is 18.2 Å². The number of carbonyl (C=O) groups excluding carboxylic acids is 2. The first kappa shape index (κ1) is 15.8. The molecule has 0 unspecified atom stereocenters. The van der Waals surface area contributed by atoms with Gasteiger partial charge in [-0.15, -0.1) is 0 Å². The van der Waals surface area contributed by atoms with Crippen LogP contribution in [0.5, 0.6) is 0 Å². The Morgan fingerprint density at radius 1 is 1.33 bits per heavy atom. The molecule has 114 valence electrons. The van der Waals surface area contributed by atoms with Gasteiger partial charge in [0.05, 0.1) is 6.61 Å². The quantitative estimate of drug-likeness (QED) is 0.801. The van der Waals surface area contributed by atoms with Crippen LogP contribution in [0.3, 0.4) is 0 Å². The molecular weight excluding hydrogens is 296 g/mol. The Kier molecular flexibility index (Phi) is 5.98. The fourth-order valence-corrected chi connectivity index (χ4v) is 2.09. The molecule has 0 aromatic heterocycles. The zero-order chi connectivity index (χ0) is 15.1. The number of rotatable bonds is 5. The molecule has 1 fully saturated rings. The van der Waals surface area contributed by atoms with Gasteiger partial charge in [0.15, 0.2) is 0 Å². The van der Waals surface area contributed by atoms with Crippen molar-refractivity contribution in [1.29, 1.82) is 0 Å². The molecule has 1 aromatic rings. The average molecular weight is 313 g/mol. The first-order chi connectivity index (χ1) is 10.2. The Morgan fingerprint density at radius 3 is 2.86 bits per heavy atom. The van der Waals surface area contributed by atoms with Gasteiger partial charge in [0.1, 0.15) is 12.7 Å². The van der Waals surface area contributed by atoms with E-state index in [4.69, 9.17) is 21.1 Å². The fourth-order valence-electron chi connectivity index (χ4n) is 1.90. The maximum absolute atomic E-state index is 11.6. The maximum atomic E-state index is 11.6. The molecule has 0 spiro atoms. The zero-order valence-electron chi connectivity index (χ0n) is 11.4. The SMILES string of the molecule is O=C(COCc1ccccc1Cl)NNC(=O)[C@@H]1CCCO1.